The number of amides is 2. The van der Waals surface area contributed by atoms with Gasteiger partial charge in [-0.1, -0.05) is 29.8 Å². The van der Waals surface area contributed by atoms with Crippen LogP contribution in [0, 0.1) is 6.92 Å². The Kier molecular flexibility index (Phi) is 6.45. The van der Waals surface area contributed by atoms with Gasteiger partial charge in [0.1, 0.15) is 6.04 Å². The largest absolute Gasteiger partial charge is 0.354 e. The minimum Gasteiger partial charge on any atom is -0.354 e. The molecule has 0 aliphatic rings. The van der Waals surface area contributed by atoms with Crippen LogP contribution in [0.15, 0.2) is 35.8 Å². The molecule has 1 aromatic carbocycles. The highest BCUT2D eigenvalue weighted by Crippen LogP contribution is 2.19. The zero-order chi connectivity index (χ0) is 17.5. The SMILES string of the molecule is Cc1cccc([C@H](C(=O)NCCC(=O)Nc2nccs2)N(C)C)c1. The van der Waals surface area contributed by atoms with E-state index in [4.69, 9.17) is 0 Å². The van der Waals surface area contributed by atoms with Gasteiger partial charge in [0.2, 0.25) is 11.8 Å². The van der Waals surface area contributed by atoms with Crippen molar-refractivity contribution in [3.8, 4) is 0 Å². The number of nitrogens with one attached hydrogen (secondary N) is 2. The van der Waals surface area contributed by atoms with E-state index in [1.165, 1.54) is 11.3 Å². The minimum absolute atomic E-state index is 0.118. The zero-order valence-corrected chi connectivity index (χ0v) is 14.9. The molecule has 2 N–H and O–H groups in total. The molecule has 2 aromatic rings. The summed E-state index contributed by atoms with van der Waals surface area (Å²) in [7, 11) is 3.73. The van der Waals surface area contributed by atoms with Crippen LogP contribution in [-0.2, 0) is 9.59 Å². The van der Waals surface area contributed by atoms with E-state index < -0.39 is 0 Å². The monoisotopic (exact) mass is 346 g/mol. The third-order valence-corrected chi connectivity index (χ3v) is 4.14. The maximum atomic E-state index is 12.5. The third-order valence-electron chi connectivity index (χ3n) is 3.45. The predicted octanol–water partition coefficient (Wildman–Crippen LogP) is 2.20. The average Bonchev–Trinajstić information content (AvgIpc) is 3.00. The van der Waals surface area contributed by atoms with E-state index in [1.54, 1.807) is 11.6 Å². The fraction of sp³-hybridized carbons (Fsp3) is 0.353. The Balaban J connectivity index is 1.88. The molecule has 0 bridgehead atoms. The van der Waals surface area contributed by atoms with Crippen molar-refractivity contribution >= 4 is 28.3 Å². The van der Waals surface area contributed by atoms with Gasteiger partial charge in [-0.2, -0.15) is 0 Å². The summed E-state index contributed by atoms with van der Waals surface area (Å²) in [4.78, 5) is 30.2. The molecule has 6 nitrogen and oxygen atoms in total. The Morgan fingerprint density at radius 2 is 2.12 bits per heavy atom. The lowest BCUT2D eigenvalue weighted by atomic mass is 10.0. The maximum Gasteiger partial charge on any atom is 0.241 e. The van der Waals surface area contributed by atoms with Gasteiger partial charge in [-0.05, 0) is 26.6 Å². The number of hydrogen-bond donors (Lipinski definition) is 2. The van der Waals surface area contributed by atoms with Crippen LogP contribution in [0.5, 0.6) is 0 Å². The lowest BCUT2D eigenvalue weighted by molar-refractivity contribution is -0.125. The Labute approximate surface area is 145 Å². The van der Waals surface area contributed by atoms with Crippen LogP contribution in [0.2, 0.25) is 0 Å². The van der Waals surface area contributed by atoms with Crippen molar-refractivity contribution in [1.82, 2.24) is 15.2 Å². The lowest BCUT2D eigenvalue weighted by Gasteiger charge is -2.24. The summed E-state index contributed by atoms with van der Waals surface area (Å²) in [5, 5.41) is 7.89. The smallest absolute Gasteiger partial charge is 0.241 e. The molecule has 0 spiro atoms. The van der Waals surface area contributed by atoms with Crippen LogP contribution in [0.3, 0.4) is 0 Å². The highest BCUT2D eigenvalue weighted by molar-refractivity contribution is 7.13. The van der Waals surface area contributed by atoms with E-state index in [2.05, 4.69) is 15.6 Å². The Bertz CT molecular complexity index is 686. The van der Waals surface area contributed by atoms with E-state index in [0.717, 1.165) is 11.1 Å². The first-order valence-electron chi connectivity index (χ1n) is 7.67. The lowest BCUT2D eigenvalue weighted by Crippen LogP contribution is -2.38. The summed E-state index contributed by atoms with van der Waals surface area (Å²) in [6, 6.07) is 7.49. The molecule has 0 fully saturated rings. The minimum atomic E-state index is -0.382. The average molecular weight is 346 g/mol. The fourth-order valence-electron chi connectivity index (χ4n) is 2.39. The van der Waals surface area contributed by atoms with Gasteiger partial charge in [-0.3, -0.25) is 14.5 Å². The zero-order valence-electron chi connectivity index (χ0n) is 14.1. The molecule has 0 unspecified atom stereocenters. The summed E-state index contributed by atoms with van der Waals surface area (Å²) in [5.41, 5.74) is 2.04. The van der Waals surface area contributed by atoms with E-state index in [9.17, 15) is 9.59 Å². The number of nitrogens with zero attached hydrogens (tertiary/aromatic N) is 2. The Hall–Kier alpha value is -2.25. The van der Waals surface area contributed by atoms with Gasteiger partial charge in [-0.15, -0.1) is 11.3 Å². The van der Waals surface area contributed by atoms with Crippen LogP contribution < -0.4 is 10.6 Å². The number of likely N-dealkylation sites (N-methyl/N-ethyl adjacent to an activating group) is 1. The summed E-state index contributed by atoms with van der Waals surface area (Å²) in [6.45, 7) is 2.28. The Morgan fingerprint density at radius 1 is 1.33 bits per heavy atom. The molecule has 1 aromatic heterocycles. The standard InChI is InChI=1S/C17H22N4O2S/c1-12-5-4-6-13(11-12)15(21(2)3)16(23)18-8-7-14(22)20-17-19-9-10-24-17/h4-6,9-11,15H,7-8H2,1-3H3,(H,18,23)(H,19,20,22)/t15-/m1/s1. The predicted molar refractivity (Wildman–Crippen MR) is 96.0 cm³/mol. The van der Waals surface area contributed by atoms with E-state index in [1.807, 2.05) is 50.2 Å². The molecule has 24 heavy (non-hydrogen) atoms. The van der Waals surface area contributed by atoms with E-state index in [-0.39, 0.29) is 30.8 Å². The molecule has 2 amide bonds. The van der Waals surface area contributed by atoms with Crippen LogP contribution in [0.25, 0.3) is 0 Å². The van der Waals surface area contributed by atoms with Gasteiger partial charge in [-0.25, -0.2) is 4.98 Å². The summed E-state index contributed by atoms with van der Waals surface area (Å²) in [5.74, 6) is -0.283. The summed E-state index contributed by atoms with van der Waals surface area (Å²) >= 11 is 1.36. The summed E-state index contributed by atoms with van der Waals surface area (Å²) < 4.78 is 0. The number of hydrogen-bond acceptors (Lipinski definition) is 5. The molecular weight excluding hydrogens is 324 g/mol. The number of rotatable bonds is 7. The van der Waals surface area contributed by atoms with Crippen LogP contribution in [0.4, 0.5) is 5.13 Å². The molecule has 0 aliphatic carbocycles. The quantitative estimate of drug-likeness (QED) is 0.806. The van der Waals surface area contributed by atoms with Gasteiger partial charge in [0.25, 0.3) is 0 Å². The molecule has 7 heteroatoms. The number of anilines is 1. The second-order valence-corrected chi connectivity index (χ2v) is 6.60. The van der Waals surface area contributed by atoms with Crippen molar-refractivity contribution in [2.45, 2.75) is 19.4 Å². The van der Waals surface area contributed by atoms with Gasteiger partial charge < -0.3 is 10.6 Å². The topological polar surface area (TPSA) is 74.3 Å². The van der Waals surface area contributed by atoms with Gasteiger partial charge in [0.15, 0.2) is 5.13 Å². The molecule has 1 heterocycles. The maximum absolute atomic E-state index is 12.5. The molecule has 2 rings (SSSR count). The van der Waals surface area contributed by atoms with Crippen molar-refractivity contribution in [2.75, 3.05) is 26.0 Å². The van der Waals surface area contributed by atoms with Crippen LogP contribution in [-0.4, -0.2) is 42.3 Å². The van der Waals surface area contributed by atoms with Gasteiger partial charge in [0.05, 0.1) is 0 Å². The van der Waals surface area contributed by atoms with Crippen molar-refractivity contribution in [3.63, 3.8) is 0 Å². The first kappa shape index (κ1) is 18.1. The molecular formula is C17H22N4O2S. The number of aromatic nitrogens is 1. The van der Waals surface area contributed by atoms with Crippen LogP contribution >= 0.6 is 11.3 Å². The first-order chi connectivity index (χ1) is 11.5. The number of benzene rings is 1. The van der Waals surface area contributed by atoms with Crippen molar-refractivity contribution in [3.05, 3.63) is 47.0 Å². The van der Waals surface area contributed by atoms with E-state index >= 15 is 0 Å². The molecule has 128 valence electrons. The van der Waals surface area contributed by atoms with Crippen LogP contribution in [0.1, 0.15) is 23.6 Å². The van der Waals surface area contributed by atoms with Crippen molar-refractivity contribution in [2.24, 2.45) is 0 Å². The second-order valence-electron chi connectivity index (χ2n) is 5.71. The normalized spacial score (nSPS) is 12.0. The van der Waals surface area contributed by atoms with Crippen molar-refractivity contribution in [1.29, 1.82) is 0 Å². The van der Waals surface area contributed by atoms with Gasteiger partial charge >= 0.3 is 0 Å². The third kappa shape index (κ3) is 5.14. The fourth-order valence-corrected chi connectivity index (χ4v) is 2.93. The first-order valence-corrected chi connectivity index (χ1v) is 8.55. The highest BCUT2D eigenvalue weighted by atomic mass is 32.1. The molecule has 0 radical (unpaired) electrons. The second kappa shape index (κ2) is 8.56. The van der Waals surface area contributed by atoms with Gasteiger partial charge in [0, 0.05) is 24.5 Å². The Morgan fingerprint density at radius 3 is 2.75 bits per heavy atom. The van der Waals surface area contributed by atoms with Crippen molar-refractivity contribution < 1.29 is 9.59 Å². The summed E-state index contributed by atoms with van der Waals surface area (Å²) in [6.07, 6.45) is 1.84. The van der Waals surface area contributed by atoms with E-state index in [0.29, 0.717) is 5.13 Å². The molecule has 0 saturated carbocycles. The molecule has 0 aliphatic heterocycles. The number of aryl methyl sites for hydroxylation is 1. The number of thiazole rings is 1. The number of carbonyl (C=O) groups is 2. The molecule has 0 saturated heterocycles. The molecule has 1 atom stereocenters. The highest BCUT2D eigenvalue weighted by Gasteiger charge is 2.22. The number of carbonyl (C=O) groups excluding carboxylic acids is 2.